The molecule has 0 aromatic heterocycles. The van der Waals surface area contributed by atoms with Crippen molar-refractivity contribution >= 4 is 0 Å². The van der Waals surface area contributed by atoms with Gasteiger partial charge in [-0.15, -0.1) is 0 Å². The molecule has 0 radical (unpaired) electrons. The summed E-state index contributed by atoms with van der Waals surface area (Å²) in [6.45, 7) is 6.69. The van der Waals surface area contributed by atoms with Crippen LogP contribution >= 0.6 is 0 Å². The van der Waals surface area contributed by atoms with E-state index < -0.39 is 0 Å². The maximum Gasteiger partial charge on any atom is 0.0892 e. The highest BCUT2D eigenvalue weighted by atomic mass is 16.6. The number of epoxide rings is 1. The molecule has 0 aromatic carbocycles. The topological polar surface area (TPSA) is 32.8 Å². The third-order valence-electron chi connectivity index (χ3n) is 4.23. The van der Waals surface area contributed by atoms with Gasteiger partial charge in [-0.2, -0.15) is 0 Å². The number of hydrogen-bond acceptors (Lipinski definition) is 2. The van der Waals surface area contributed by atoms with E-state index >= 15 is 0 Å². The van der Waals surface area contributed by atoms with E-state index in [0.717, 1.165) is 18.8 Å². The van der Waals surface area contributed by atoms with E-state index in [1.165, 1.54) is 19.3 Å². The van der Waals surface area contributed by atoms with Crippen LogP contribution in [0.4, 0.5) is 0 Å². The van der Waals surface area contributed by atoms with E-state index in [9.17, 15) is 5.11 Å². The van der Waals surface area contributed by atoms with Crippen LogP contribution < -0.4 is 0 Å². The average molecular weight is 238 g/mol. The lowest BCUT2D eigenvalue weighted by atomic mass is 9.85. The van der Waals surface area contributed by atoms with Gasteiger partial charge in [-0.25, -0.2) is 0 Å². The molecule has 1 N–H and O–H groups in total. The average Bonchev–Trinajstić information content (AvgIpc) is 2.87. The van der Waals surface area contributed by atoms with Crippen molar-refractivity contribution < 1.29 is 9.84 Å². The number of hydrogen-bond donors (Lipinski definition) is 1. The summed E-state index contributed by atoms with van der Waals surface area (Å²) in [5, 5.41) is 9.40. The van der Waals surface area contributed by atoms with E-state index in [1.54, 1.807) is 0 Å². The molecule has 0 bridgehead atoms. The highest BCUT2D eigenvalue weighted by molar-refractivity contribution is 4.99. The second kappa shape index (κ2) is 5.11. The quantitative estimate of drug-likeness (QED) is 0.589. The first kappa shape index (κ1) is 13.1. The first-order valence-corrected chi connectivity index (χ1v) is 7.01. The number of rotatable bonds is 5. The van der Waals surface area contributed by atoms with E-state index in [-0.39, 0.29) is 11.7 Å². The number of ether oxygens (including phenoxy) is 1. The van der Waals surface area contributed by atoms with Crippen LogP contribution in [0, 0.1) is 11.8 Å². The van der Waals surface area contributed by atoms with Crippen LogP contribution in [-0.4, -0.2) is 22.9 Å². The molecule has 3 unspecified atom stereocenters. The van der Waals surface area contributed by atoms with Gasteiger partial charge in [0.25, 0.3) is 0 Å². The summed E-state index contributed by atoms with van der Waals surface area (Å²) in [4.78, 5) is 0. The van der Waals surface area contributed by atoms with Gasteiger partial charge >= 0.3 is 0 Å². The fraction of sp³-hybridized carbons (Fsp3) is 0.867. The van der Waals surface area contributed by atoms with Gasteiger partial charge in [-0.1, -0.05) is 19.1 Å². The molecule has 0 saturated carbocycles. The van der Waals surface area contributed by atoms with Crippen molar-refractivity contribution in [3.63, 3.8) is 0 Å². The van der Waals surface area contributed by atoms with Crippen LogP contribution in [0.3, 0.4) is 0 Å². The standard InChI is InChI=1S/C15H26O2/c1-11(4-9-14-15(2,3)17-14)10-12-5-7-13(16)8-6-12/h5,7,11-14,16H,4,6,8-10H2,1-3H3/t11-,12?,13?,14?/m1/s1. The first-order valence-electron chi connectivity index (χ1n) is 7.01. The Labute approximate surface area is 105 Å². The van der Waals surface area contributed by atoms with Crippen molar-refractivity contribution in [3.05, 3.63) is 12.2 Å². The summed E-state index contributed by atoms with van der Waals surface area (Å²) in [5.41, 5.74) is 0.147. The number of allylic oxidation sites excluding steroid dienone is 1. The monoisotopic (exact) mass is 238 g/mol. The Morgan fingerprint density at radius 1 is 1.35 bits per heavy atom. The Morgan fingerprint density at radius 3 is 2.59 bits per heavy atom. The summed E-state index contributed by atoms with van der Waals surface area (Å²) in [7, 11) is 0. The lowest BCUT2D eigenvalue weighted by Crippen LogP contribution is -2.15. The fourth-order valence-electron chi connectivity index (χ4n) is 2.87. The molecule has 1 heterocycles. The van der Waals surface area contributed by atoms with Crippen LogP contribution in [0.25, 0.3) is 0 Å². The van der Waals surface area contributed by atoms with Gasteiger partial charge in [0.2, 0.25) is 0 Å². The molecule has 0 spiro atoms. The zero-order chi connectivity index (χ0) is 12.5. The van der Waals surface area contributed by atoms with Crippen LogP contribution in [0.5, 0.6) is 0 Å². The van der Waals surface area contributed by atoms with Crippen molar-refractivity contribution in [1.29, 1.82) is 0 Å². The first-order chi connectivity index (χ1) is 7.97. The lowest BCUT2D eigenvalue weighted by Gasteiger charge is -2.22. The zero-order valence-corrected chi connectivity index (χ0v) is 11.4. The summed E-state index contributed by atoms with van der Waals surface area (Å²) in [6.07, 6.45) is 10.3. The predicted molar refractivity (Wildman–Crippen MR) is 69.8 cm³/mol. The summed E-state index contributed by atoms with van der Waals surface area (Å²) in [6, 6.07) is 0. The molecule has 0 aromatic rings. The molecule has 4 atom stereocenters. The van der Waals surface area contributed by atoms with E-state index in [2.05, 4.69) is 26.8 Å². The third kappa shape index (κ3) is 3.82. The molecule has 1 aliphatic carbocycles. The van der Waals surface area contributed by atoms with Crippen LogP contribution in [0.2, 0.25) is 0 Å². The van der Waals surface area contributed by atoms with Crippen LogP contribution in [0.15, 0.2) is 12.2 Å². The van der Waals surface area contributed by atoms with Gasteiger partial charge in [0.1, 0.15) is 0 Å². The Bertz CT molecular complexity index is 283. The van der Waals surface area contributed by atoms with Gasteiger partial charge < -0.3 is 9.84 Å². The molecule has 17 heavy (non-hydrogen) atoms. The van der Waals surface area contributed by atoms with Crippen LogP contribution in [0.1, 0.15) is 52.9 Å². The molecule has 2 heteroatoms. The molecule has 98 valence electrons. The lowest BCUT2D eigenvalue weighted by molar-refractivity contribution is 0.190. The molecule has 0 amide bonds. The van der Waals surface area contributed by atoms with Crippen molar-refractivity contribution in [3.8, 4) is 0 Å². The van der Waals surface area contributed by atoms with Gasteiger partial charge in [0.05, 0.1) is 17.8 Å². The maximum atomic E-state index is 9.40. The van der Waals surface area contributed by atoms with E-state index in [4.69, 9.17) is 4.74 Å². The van der Waals surface area contributed by atoms with Gasteiger partial charge in [0, 0.05) is 0 Å². The Morgan fingerprint density at radius 2 is 2.06 bits per heavy atom. The van der Waals surface area contributed by atoms with Crippen LogP contribution in [-0.2, 0) is 4.74 Å². The Hall–Kier alpha value is -0.340. The van der Waals surface area contributed by atoms with E-state index in [0.29, 0.717) is 12.0 Å². The molecule has 1 fully saturated rings. The minimum atomic E-state index is -0.192. The second-order valence-electron chi connectivity index (χ2n) is 6.42. The minimum absolute atomic E-state index is 0.147. The smallest absolute Gasteiger partial charge is 0.0892 e. The Kier molecular flexibility index (Phi) is 3.94. The second-order valence-corrected chi connectivity index (χ2v) is 6.42. The SMILES string of the molecule is C[C@H](CCC1OC1(C)C)CC1C=CC(O)CC1. The summed E-state index contributed by atoms with van der Waals surface area (Å²) < 4.78 is 5.61. The predicted octanol–water partition coefficient (Wildman–Crippen LogP) is 3.30. The van der Waals surface area contributed by atoms with Crippen molar-refractivity contribution in [2.45, 2.75) is 70.7 Å². The fourth-order valence-corrected chi connectivity index (χ4v) is 2.87. The number of aliphatic hydroxyl groups is 1. The Balaban J connectivity index is 1.64. The molecular weight excluding hydrogens is 212 g/mol. The zero-order valence-electron chi connectivity index (χ0n) is 11.4. The highest BCUT2D eigenvalue weighted by Crippen LogP contribution is 2.39. The molecule has 2 aliphatic rings. The highest BCUT2D eigenvalue weighted by Gasteiger charge is 2.46. The van der Waals surface area contributed by atoms with Crippen molar-refractivity contribution in [2.75, 3.05) is 0 Å². The molecular formula is C15H26O2. The summed E-state index contributed by atoms with van der Waals surface area (Å²) >= 11 is 0. The molecule has 1 saturated heterocycles. The minimum Gasteiger partial charge on any atom is -0.389 e. The van der Waals surface area contributed by atoms with Gasteiger partial charge in [-0.05, 0) is 57.8 Å². The summed E-state index contributed by atoms with van der Waals surface area (Å²) in [5.74, 6) is 1.45. The van der Waals surface area contributed by atoms with Crippen molar-refractivity contribution in [1.82, 2.24) is 0 Å². The van der Waals surface area contributed by atoms with Gasteiger partial charge in [-0.3, -0.25) is 0 Å². The third-order valence-corrected chi connectivity index (χ3v) is 4.23. The van der Waals surface area contributed by atoms with Gasteiger partial charge in [0.15, 0.2) is 0 Å². The molecule has 2 nitrogen and oxygen atoms in total. The van der Waals surface area contributed by atoms with E-state index in [1.807, 2.05) is 6.08 Å². The largest absolute Gasteiger partial charge is 0.389 e. The number of aliphatic hydroxyl groups excluding tert-OH is 1. The molecule has 1 aliphatic heterocycles. The van der Waals surface area contributed by atoms with Crippen molar-refractivity contribution in [2.24, 2.45) is 11.8 Å². The maximum absolute atomic E-state index is 9.40. The normalized spacial score (nSPS) is 36.8. The molecule has 2 rings (SSSR count).